The number of anilines is 2. The van der Waals surface area contributed by atoms with Crippen LogP contribution in [0.1, 0.15) is 26.2 Å². The largest absolute Gasteiger partial charge is 0.397 e. The molecule has 0 spiro atoms. The molecule has 1 aromatic rings. The topological polar surface area (TPSA) is 29.3 Å². The van der Waals surface area contributed by atoms with E-state index in [9.17, 15) is 0 Å². The van der Waals surface area contributed by atoms with Crippen molar-refractivity contribution < 1.29 is 0 Å². The van der Waals surface area contributed by atoms with Crippen LogP contribution in [0.25, 0.3) is 0 Å². The number of benzene rings is 1. The van der Waals surface area contributed by atoms with Crippen molar-refractivity contribution in [3.05, 3.63) is 24.3 Å². The molecule has 2 heteroatoms. The van der Waals surface area contributed by atoms with Crippen LogP contribution in [-0.4, -0.2) is 13.1 Å². The highest BCUT2D eigenvalue weighted by Gasteiger charge is 2.22. The molecule has 1 heterocycles. The van der Waals surface area contributed by atoms with Gasteiger partial charge in [-0.2, -0.15) is 0 Å². The van der Waals surface area contributed by atoms with Crippen molar-refractivity contribution in [2.45, 2.75) is 26.2 Å². The van der Waals surface area contributed by atoms with E-state index in [1.165, 1.54) is 38.0 Å². The summed E-state index contributed by atoms with van der Waals surface area (Å²) in [6.07, 6.45) is 3.97. The fourth-order valence-electron chi connectivity index (χ4n) is 2.47. The van der Waals surface area contributed by atoms with E-state index >= 15 is 0 Å². The zero-order valence-corrected chi connectivity index (χ0v) is 9.45. The zero-order valence-electron chi connectivity index (χ0n) is 9.45. The van der Waals surface area contributed by atoms with E-state index in [0.29, 0.717) is 0 Å². The second-order valence-electron chi connectivity index (χ2n) is 4.45. The molecule has 0 saturated carbocycles. The van der Waals surface area contributed by atoms with Crippen LogP contribution in [0.4, 0.5) is 11.4 Å². The van der Waals surface area contributed by atoms with Gasteiger partial charge in [0.2, 0.25) is 0 Å². The van der Waals surface area contributed by atoms with Crippen molar-refractivity contribution in [3.8, 4) is 0 Å². The van der Waals surface area contributed by atoms with Gasteiger partial charge in [-0.3, -0.25) is 0 Å². The number of nitrogen functional groups attached to an aromatic ring is 1. The van der Waals surface area contributed by atoms with Crippen molar-refractivity contribution in [3.63, 3.8) is 0 Å². The normalized spacial score (nSPS) is 20.9. The Morgan fingerprint density at radius 1 is 1.40 bits per heavy atom. The number of nitrogens with zero attached hydrogens (tertiary/aromatic N) is 1. The molecule has 1 unspecified atom stereocenters. The third-order valence-corrected chi connectivity index (χ3v) is 3.26. The highest BCUT2D eigenvalue weighted by Crippen LogP contribution is 2.29. The predicted octanol–water partition coefficient (Wildman–Crippen LogP) is 2.90. The highest BCUT2D eigenvalue weighted by atomic mass is 15.2. The van der Waals surface area contributed by atoms with Gasteiger partial charge in [0, 0.05) is 13.1 Å². The fourth-order valence-corrected chi connectivity index (χ4v) is 2.47. The van der Waals surface area contributed by atoms with E-state index in [-0.39, 0.29) is 0 Å². The first-order chi connectivity index (χ1) is 7.31. The molecule has 15 heavy (non-hydrogen) atoms. The lowest BCUT2D eigenvalue weighted by molar-refractivity contribution is 0.530. The van der Waals surface area contributed by atoms with Crippen LogP contribution in [0, 0.1) is 5.92 Å². The Morgan fingerprint density at radius 2 is 2.20 bits per heavy atom. The van der Waals surface area contributed by atoms with Gasteiger partial charge >= 0.3 is 0 Å². The van der Waals surface area contributed by atoms with Crippen LogP contribution in [0.3, 0.4) is 0 Å². The van der Waals surface area contributed by atoms with Crippen LogP contribution in [0.2, 0.25) is 0 Å². The number of hydrogen-bond donors (Lipinski definition) is 1. The average molecular weight is 204 g/mol. The molecular weight excluding hydrogens is 184 g/mol. The van der Waals surface area contributed by atoms with Gasteiger partial charge in [-0.1, -0.05) is 25.5 Å². The third-order valence-electron chi connectivity index (χ3n) is 3.26. The van der Waals surface area contributed by atoms with Crippen LogP contribution in [0.15, 0.2) is 24.3 Å². The number of rotatable bonds is 3. The molecule has 82 valence electrons. The second-order valence-corrected chi connectivity index (χ2v) is 4.45. The molecule has 0 radical (unpaired) electrons. The molecule has 1 aliphatic rings. The van der Waals surface area contributed by atoms with Gasteiger partial charge in [-0.25, -0.2) is 0 Å². The number of para-hydroxylation sites is 2. The highest BCUT2D eigenvalue weighted by molar-refractivity contribution is 5.67. The van der Waals surface area contributed by atoms with E-state index in [1.54, 1.807) is 0 Å². The van der Waals surface area contributed by atoms with Gasteiger partial charge in [-0.15, -0.1) is 0 Å². The summed E-state index contributed by atoms with van der Waals surface area (Å²) in [5, 5.41) is 0. The minimum absolute atomic E-state index is 0.870. The summed E-state index contributed by atoms with van der Waals surface area (Å²) in [7, 11) is 0. The maximum Gasteiger partial charge on any atom is 0.0600 e. The maximum absolute atomic E-state index is 5.98. The van der Waals surface area contributed by atoms with Gasteiger partial charge in [0.05, 0.1) is 11.4 Å². The smallest absolute Gasteiger partial charge is 0.0600 e. The molecule has 1 aromatic carbocycles. The minimum atomic E-state index is 0.870. The predicted molar refractivity (Wildman–Crippen MR) is 66.1 cm³/mol. The second kappa shape index (κ2) is 4.56. The van der Waals surface area contributed by atoms with E-state index in [1.807, 2.05) is 12.1 Å². The van der Waals surface area contributed by atoms with Crippen LogP contribution < -0.4 is 10.6 Å². The molecule has 1 saturated heterocycles. The first-order valence-electron chi connectivity index (χ1n) is 5.90. The summed E-state index contributed by atoms with van der Waals surface area (Å²) in [6, 6.07) is 8.18. The Kier molecular flexibility index (Phi) is 3.14. The van der Waals surface area contributed by atoms with Gasteiger partial charge in [-0.05, 0) is 30.9 Å². The lowest BCUT2D eigenvalue weighted by Crippen LogP contribution is -2.20. The fraction of sp³-hybridized carbons (Fsp3) is 0.538. The van der Waals surface area contributed by atoms with Gasteiger partial charge in [0.25, 0.3) is 0 Å². The Hall–Kier alpha value is -1.18. The minimum Gasteiger partial charge on any atom is -0.397 e. The quantitative estimate of drug-likeness (QED) is 0.767. The zero-order chi connectivity index (χ0) is 10.7. The molecule has 1 atom stereocenters. The average Bonchev–Trinajstić information content (AvgIpc) is 2.68. The molecule has 2 N–H and O–H groups in total. The molecule has 0 aliphatic carbocycles. The number of hydrogen-bond acceptors (Lipinski definition) is 2. The van der Waals surface area contributed by atoms with Crippen molar-refractivity contribution >= 4 is 11.4 Å². The molecule has 0 amide bonds. The molecule has 1 fully saturated rings. The van der Waals surface area contributed by atoms with Gasteiger partial charge in [0.1, 0.15) is 0 Å². The Labute approximate surface area is 92.1 Å². The van der Waals surface area contributed by atoms with E-state index in [2.05, 4.69) is 24.0 Å². The van der Waals surface area contributed by atoms with Crippen molar-refractivity contribution in [2.75, 3.05) is 23.7 Å². The molecule has 2 rings (SSSR count). The van der Waals surface area contributed by atoms with Crippen LogP contribution >= 0.6 is 0 Å². The van der Waals surface area contributed by atoms with E-state index in [0.717, 1.165) is 11.6 Å². The standard InChI is InChI=1S/C13H20N2/c1-2-5-11-8-9-15(10-11)13-7-4-3-6-12(13)14/h3-4,6-7,11H,2,5,8-10,14H2,1H3. The van der Waals surface area contributed by atoms with Crippen molar-refractivity contribution in [1.82, 2.24) is 0 Å². The van der Waals surface area contributed by atoms with E-state index < -0.39 is 0 Å². The summed E-state index contributed by atoms with van der Waals surface area (Å²) in [5.74, 6) is 0.870. The molecular formula is C13H20N2. The number of nitrogens with two attached hydrogens (primary N) is 1. The Bertz CT molecular complexity index is 322. The first-order valence-corrected chi connectivity index (χ1v) is 5.90. The van der Waals surface area contributed by atoms with Crippen LogP contribution in [0.5, 0.6) is 0 Å². The van der Waals surface area contributed by atoms with Crippen molar-refractivity contribution in [2.24, 2.45) is 5.92 Å². The first kappa shape index (κ1) is 10.3. The lowest BCUT2D eigenvalue weighted by Gasteiger charge is -2.20. The Morgan fingerprint density at radius 3 is 2.93 bits per heavy atom. The van der Waals surface area contributed by atoms with Gasteiger partial charge in [0.15, 0.2) is 0 Å². The third kappa shape index (κ3) is 2.25. The van der Waals surface area contributed by atoms with E-state index in [4.69, 9.17) is 5.73 Å². The summed E-state index contributed by atoms with van der Waals surface area (Å²) in [5.41, 5.74) is 8.11. The molecule has 1 aliphatic heterocycles. The summed E-state index contributed by atoms with van der Waals surface area (Å²) < 4.78 is 0. The SMILES string of the molecule is CCCC1CCN(c2ccccc2N)C1. The summed E-state index contributed by atoms with van der Waals surface area (Å²) in [4.78, 5) is 2.43. The lowest BCUT2D eigenvalue weighted by atomic mass is 10.0. The Balaban J connectivity index is 2.04. The maximum atomic E-state index is 5.98. The van der Waals surface area contributed by atoms with Crippen molar-refractivity contribution in [1.29, 1.82) is 0 Å². The summed E-state index contributed by atoms with van der Waals surface area (Å²) in [6.45, 7) is 4.61. The monoisotopic (exact) mass is 204 g/mol. The molecule has 2 nitrogen and oxygen atoms in total. The summed E-state index contributed by atoms with van der Waals surface area (Å²) >= 11 is 0. The van der Waals surface area contributed by atoms with Crippen LogP contribution in [-0.2, 0) is 0 Å². The molecule has 0 bridgehead atoms. The van der Waals surface area contributed by atoms with Gasteiger partial charge < -0.3 is 10.6 Å². The molecule has 0 aromatic heterocycles.